The van der Waals surface area contributed by atoms with Gasteiger partial charge in [0, 0.05) is 5.56 Å². The molecule has 2 aromatic carbocycles. The van der Waals surface area contributed by atoms with E-state index in [9.17, 15) is 9.59 Å². The molecule has 0 radical (unpaired) electrons. The van der Waals surface area contributed by atoms with Gasteiger partial charge in [0.05, 0.1) is 20.3 Å². The normalized spacial score (nSPS) is 13.2. The molecule has 2 N–H and O–H groups in total. The van der Waals surface area contributed by atoms with Crippen LogP contribution >= 0.6 is 0 Å². The van der Waals surface area contributed by atoms with Gasteiger partial charge in [-0.25, -0.2) is 4.79 Å². The molecule has 0 saturated carbocycles. The first kappa shape index (κ1) is 17.7. The molecule has 128 valence electrons. The molecule has 0 bridgehead atoms. The lowest BCUT2D eigenvalue weighted by Gasteiger charge is -2.27. The Hall–Kier alpha value is -2.60. The molecule has 0 heterocycles. The van der Waals surface area contributed by atoms with Crippen molar-refractivity contribution in [2.24, 2.45) is 5.73 Å². The van der Waals surface area contributed by atoms with Gasteiger partial charge in [-0.15, -0.1) is 0 Å². The molecular weight excluding hydrogens is 310 g/mol. The van der Waals surface area contributed by atoms with Gasteiger partial charge in [0.15, 0.2) is 0 Å². The molecule has 0 aliphatic heterocycles. The minimum absolute atomic E-state index is 0.180. The molecule has 0 fully saturated rings. The van der Waals surface area contributed by atoms with E-state index >= 15 is 0 Å². The van der Waals surface area contributed by atoms with Crippen LogP contribution in [-0.4, -0.2) is 32.2 Å². The first-order valence-corrected chi connectivity index (χ1v) is 7.62. The number of methoxy groups -OCH3 is 1. The molecule has 0 aliphatic carbocycles. The second kappa shape index (κ2) is 7.31. The molecule has 2 rings (SSSR count). The topological polar surface area (TPSA) is 87.9 Å². The molecule has 1 unspecified atom stereocenters. The van der Waals surface area contributed by atoms with Gasteiger partial charge in [-0.1, -0.05) is 18.2 Å². The standard InChI is InChI=1S/C18H21NO5/c1-4-23-17(21)18(2,24-16(20)11-19)14-7-5-13-10-15(22-3)8-6-12(13)9-14/h5-10H,4,11,19H2,1-3H3. The molecule has 6 heteroatoms. The predicted octanol–water partition coefficient (Wildman–Crippen LogP) is 2.13. The average Bonchev–Trinajstić information content (AvgIpc) is 2.60. The Morgan fingerprint density at radius 1 is 1.12 bits per heavy atom. The quantitative estimate of drug-likeness (QED) is 0.816. The number of hydrogen-bond donors (Lipinski definition) is 1. The minimum atomic E-state index is -1.55. The summed E-state index contributed by atoms with van der Waals surface area (Å²) in [7, 11) is 1.60. The maximum atomic E-state index is 12.4. The number of fused-ring (bicyclic) bond motifs is 1. The molecule has 24 heavy (non-hydrogen) atoms. The lowest BCUT2D eigenvalue weighted by atomic mass is 9.93. The number of esters is 2. The zero-order valence-electron chi connectivity index (χ0n) is 14.0. The molecular formula is C18H21NO5. The first-order chi connectivity index (χ1) is 11.4. The van der Waals surface area contributed by atoms with Gasteiger partial charge in [0.2, 0.25) is 5.60 Å². The van der Waals surface area contributed by atoms with Crippen LogP contribution in [0.15, 0.2) is 36.4 Å². The van der Waals surface area contributed by atoms with Crippen molar-refractivity contribution >= 4 is 22.7 Å². The molecule has 1 atom stereocenters. The summed E-state index contributed by atoms with van der Waals surface area (Å²) < 4.78 is 15.6. The highest BCUT2D eigenvalue weighted by molar-refractivity contribution is 5.89. The third-order valence-corrected chi connectivity index (χ3v) is 3.75. The van der Waals surface area contributed by atoms with Gasteiger partial charge in [-0.05, 0) is 42.8 Å². The minimum Gasteiger partial charge on any atom is -0.497 e. The Bertz CT molecular complexity index is 758. The summed E-state index contributed by atoms with van der Waals surface area (Å²) in [6.45, 7) is 3.05. The van der Waals surface area contributed by atoms with Gasteiger partial charge >= 0.3 is 11.9 Å². The number of carbonyl (C=O) groups is 2. The van der Waals surface area contributed by atoms with Crippen molar-refractivity contribution < 1.29 is 23.8 Å². The molecule has 0 aliphatic rings. The Morgan fingerprint density at radius 3 is 2.42 bits per heavy atom. The third-order valence-electron chi connectivity index (χ3n) is 3.75. The maximum absolute atomic E-state index is 12.4. The van der Waals surface area contributed by atoms with E-state index < -0.39 is 17.5 Å². The van der Waals surface area contributed by atoms with Crippen molar-refractivity contribution in [3.8, 4) is 5.75 Å². The SMILES string of the molecule is CCOC(=O)C(C)(OC(=O)CN)c1ccc2cc(OC)ccc2c1. The number of rotatable bonds is 6. The molecule has 0 spiro atoms. The van der Waals surface area contributed by atoms with Crippen LogP contribution in [0.2, 0.25) is 0 Å². The van der Waals surface area contributed by atoms with Gasteiger partial charge in [-0.3, -0.25) is 4.79 Å². The van der Waals surface area contributed by atoms with Crippen molar-refractivity contribution in [2.45, 2.75) is 19.4 Å². The Kier molecular flexibility index (Phi) is 5.41. The number of hydrogen-bond acceptors (Lipinski definition) is 6. The van der Waals surface area contributed by atoms with E-state index in [4.69, 9.17) is 19.9 Å². The van der Waals surface area contributed by atoms with Crippen LogP contribution in [0, 0.1) is 0 Å². The van der Waals surface area contributed by atoms with E-state index in [1.807, 2.05) is 24.3 Å². The van der Waals surface area contributed by atoms with Crippen molar-refractivity contribution in [1.29, 1.82) is 0 Å². The van der Waals surface area contributed by atoms with Crippen LogP contribution in [-0.2, 0) is 24.7 Å². The van der Waals surface area contributed by atoms with Gasteiger partial charge in [0.25, 0.3) is 0 Å². The second-order valence-corrected chi connectivity index (χ2v) is 5.36. The fraction of sp³-hybridized carbons (Fsp3) is 0.333. The smallest absolute Gasteiger partial charge is 0.355 e. The summed E-state index contributed by atoms with van der Waals surface area (Å²) in [5, 5.41) is 1.82. The predicted molar refractivity (Wildman–Crippen MR) is 89.6 cm³/mol. The van der Waals surface area contributed by atoms with Crippen molar-refractivity contribution in [2.75, 3.05) is 20.3 Å². The van der Waals surface area contributed by atoms with Crippen LogP contribution in [0.1, 0.15) is 19.4 Å². The van der Waals surface area contributed by atoms with E-state index in [-0.39, 0.29) is 13.2 Å². The van der Waals surface area contributed by atoms with Crippen LogP contribution in [0.25, 0.3) is 10.8 Å². The van der Waals surface area contributed by atoms with E-state index in [0.717, 1.165) is 16.5 Å². The second-order valence-electron chi connectivity index (χ2n) is 5.36. The Morgan fingerprint density at radius 2 is 1.79 bits per heavy atom. The highest BCUT2D eigenvalue weighted by Crippen LogP contribution is 2.31. The summed E-state index contributed by atoms with van der Waals surface area (Å²) in [6.07, 6.45) is 0. The van der Waals surface area contributed by atoms with Crippen LogP contribution < -0.4 is 10.5 Å². The summed E-state index contributed by atoms with van der Waals surface area (Å²) in [6, 6.07) is 10.9. The fourth-order valence-corrected chi connectivity index (χ4v) is 2.40. The zero-order chi connectivity index (χ0) is 17.7. The van der Waals surface area contributed by atoms with Crippen LogP contribution in [0.5, 0.6) is 5.75 Å². The molecule has 2 aromatic rings. The lowest BCUT2D eigenvalue weighted by Crippen LogP contribution is -2.40. The van der Waals surface area contributed by atoms with E-state index in [1.54, 1.807) is 26.2 Å². The summed E-state index contributed by atoms with van der Waals surface area (Å²) in [5.74, 6) is -0.585. The number of ether oxygens (including phenoxy) is 3. The highest BCUT2D eigenvalue weighted by atomic mass is 16.6. The van der Waals surface area contributed by atoms with Gasteiger partial charge < -0.3 is 19.9 Å². The maximum Gasteiger partial charge on any atom is 0.355 e. The van der Waals surface area contributed by atoms with Crippen molar-refractivity contribution in [3.63, 3.8) is 0 Å². The third kappa shape index (κ3) is 3.49. The zero-order valence-corrected chi connectivity index (χ0v) is 14.0. The summed E-state index contributed by atoms with van der Waals surface area (Å²) >= 11 is 0. The highest BCUT2D eigenvalue weighted by Gasteiger charge is 2.41. The number of carbonyl (C=O) groups excluding carboxylic acids is 2. The fourth-order valence-electron chi connectivity index (χ4n) is 2.40. The van der Waals surface area contributed by atoms with Gasteiger partial charge in [0.1, 0.15) is 5.75 Å². The first-order valence-electron chi connectivity index (χ1n) is 7.62. The van der Waals surface area contributed by atoms with E-state index in [0.29, 0.717) is 5.56 Å². The van der Waals surface area contributed by atoms with Crippen LogP contribution in [0.4, 0.5) is 0 Å². The largest absolute Gasteiger partial charge is 0.497 e. The Labute approximate surface area is 140 Å². The number of nitrogens with two attached hydrogens (primary N) is 1. The number of benzene rings is 2. The monoisotopic (exact) mass is 331 g/mol. The molecule has 6 nitrogen and oxygen atoms in total. The van der Waals surface area contributed by atoms with E-state index in [1.165, 1.54) is 6.92 Å². The van der Waals surface area contributed by atoms with Gasteiger partial charge in [-0.2, -0.15) is 0 Å². The Balaban J connectivity index is 2.50. The van der Waals surface area contributed by atoms with Crippen molar-refractivity contribution in [3.05, 3.63) is 42.0 Å². The summed E-state index contributed by atoms with van der Waals surface area (Å²) in [4.78, 5) is 24.1. The molecule has 0 aromatic heterocycles. The van der Waals surface area contributed by atoms with Crippen molar-refractivity contribution in [1.82, 2.24) is 0 Å². The molecule has 0 saturated heterocycles. The molecule has 0 amide bonds. The van der Waals surface area contributed by atoms with E-state index in [2.05, 4.69) is 0 Å². The lowest BCUT2D eigenvalue weighted by molar-refractivity contribution is -0.181. The average molecular weight is 331 g/mol. The summed E-state index contributed by atoms with van der Waals surface area (Å²) in [5.41, 5.74) is 4.27. The van der Waals surface area contributed by atoms with Crippen LogP contribution in [0.3, 0.4) is 0 Å².